The van der Waals surface area contributed by atoms with Crippen molar-refractivity contribution in [3.8, 4) is 11.5 Å². The highest BCUT2D eigenvalue weighted by Gasteiger charge is 2.18. The van der Waals surface area contributed by atoms with Crippen LogP contribution < -0.4 is 9.47 Å². The molecule has 1 aliphatic heterocycles. The second-order valence-electron chi connectivity index (χ2n) is 5.00. The molecule has 0 aromatic heterocycles. The van der Waals surface area contributed by atoms with Gasteiger partial charge in [-0.3, -0.25) is 0 Å². The smallest absolute Gasteiger partial charge is 0.339 e. The summed E-state index contributed by atoms with van der Waals surface area (Å²) in [7, 11) is 0. The molecule has 1 fully saturated rings. The van der Waals surface area contributed by atoms with Crippen LogP contribution in [-0.2, 0) is 4.74 Å². The first kappa shape index (κ1) is 15.6. The third-order valence-electron chi connectivity index (χ3n) is 3.45. The molecule has 0 bridgehead atoms. The predicted molar refractivity (Wildman–Crippen MR) is 78.3 cm³/mol. The molecule has 0 aliphatic carbocycles. The Balaban J connectivity index is 1.94. The lowest BCUT2D eigenvalue weighted by Gasteiger charge is -2.15. The highest BCUT2D eigenvalue weighted by molar-refractivity contribution is 5.92. The van der Waals surface area contributed by atoms with Crippen molar-refractivity contribution in [2.24, 2.45) is 0 Å². The van der Waals surface area contributed by atoms with E-state index in [9.17, 15) is 9.90 Å². The van der Waals surface area contributed by atoms with Crippen LogP contribution in [0.1, 0.15) is 43.0 Å². The molecule has 0 spiro atoms. The molecule has 1 N–H and O–H groups in total. The summed E-state index contributed by atoms with van der Waals surface area (Å²) in [6.45, 7) is 3.64. The summed E-state index contributed by atoms with van der Waals surface area (Å²) >= 11 is 0. The lowest BCUT2D eigenvalue weighted by atomic mass is 10.1. The highest BCUT2D eigenvalue weighted by atomic mass is 16.5. The van der Waals surface area contributed by atoms with Crippen molar-refractivity contribution in [1.29, 1.82) is 0 Å². The third-order valence-corrected chi connectivity index (χ3v) is 3.45. The first-order valence-corrected chi connectivity index (χ1v) is 7.46. The Bertz CT molecular complexity index is 466. The number of hydrogen-bond acceptors (Lipinski definition) is 4. The molecule has 2 rings (SSSR count). The Morgan fingerprint density at radius 1 is 1.43 bits per heavy atom. The average molecular weight is 294 g/mol. The Morgan fingerprint density at radius 3 is 2.95 bits per heavy atom. The molecule has 0 radical (unpaired) electrons. The number of aromatic carboxylic acids is 1. The van der Waals surface area contributed by atoms with Gasteiger partial charge in [-0.1, -0.05) is 6.07 Å². The van der Waals surface area contributed by atoms with Gasteiger partial charge in [-0.25, -0.2) is 4.79 Å². The van der Waals surface area contributed by atoms with Gasteiger partial charge in [-0.15, -0.1) is 0 Å². The first-order chi connectivity index (χ1) is 10.2. The van der Waals surface area contributed by atoms with E-state index in [0.717, 1.165) is 32.3 Å². The molecular weight excluding hydrogens is 272 g/mol. The van der Waals surface area contributed by atoms with Gasteiger partial charge in [-0.2, -0.15) is 0 Å². The molecule has 1 saturated heterocycles. The van der Waals surface area contributed by atoms with Crippen LogP contribution in [0.25, 0.3) is 0 Å². The molecule has 21 heavy (non-hydrogen) atoms. The van der Waals surface area contributed by atoms with E-state index >= 15 is 0 Å². The molecule has 1 aromatic carbocycles. The van der Waals surface area contributed by atoms with Crippen LogP contribution in [0.5, 0.6) is 11.5 Å². The Hall–Kier alpha value is -1.75. The van der Waals surface area contributed by atoms with Gasteiger partial charge in [0.25, 0.3) is 0 Å². The van der Waals surface area contributed by atoms with Gasteiger partial charge in [-0.05, 0) is 44.7 Å². The van der Waals surface area contributed by atoms with E-state index in [-0.39, 0.29) is 5.56 Å². The molecule has 1 aromatic rings. The van der Waals surface area contributed by atoms with Crippen molar-refractivity contribution >= 4 is 5.97 Å². The van der Waals surface area contributed by atoms with Gasteiger partial charge in [0.2, 0.25) is 0 Å². The quantitative estimate of drug-likeness (QED) is 0.746. The molecule has 1 unspecified atom stereocenters. The molecular formula is C16H22O5. The van der Waals surface area contributed by atoms with E-state index in [4.69, 9.17) is 14.2 Å². The standard InChI is InChI=1S/C16H22O5/c1-2-19-14-9-3-8-13(16(17)18)15(14)21-11-5-7-12-6-4-10-20-12/h3,8-9,12H,2,4-7,10-11H2,1H3,(H,17,18). The fourth-order valence-corrected chi connectivity index (χ4v) is 2.46. The number of rotatable bonds is 8. The number of benzene rings is 1. The van der Waals surface area contributed by atoms with E-state index in [0.29, 0.717) is 30.8 Å². The Morgan fingerprint density at radius 2 is 2.29 bits per heavy atom. The van der Waals surface area contributed by atoms with E-state index in [1.54, 1.807) is 12.1 Å². The molecule has 5 nitrogen and oxygen atoms in total. The van der Waals surface area contributed by atoms with E-state index in [1.165, 1.54) is 6.07 Å². The highest BCUT2D eigenvalue weighted by Crippen LogP contribution is 2.31. The minimum atomic E-state index is -1.01. The maximum absolute atomic E-state index is 11.3. The maximum Gasteiger partial charge on any atom is 0.339 e. The summed E-state index contributed by atoms with van der Waals surface area (Å²) in [6, 6.07) is 4.92. The number of carbonyl (C=O) groups is 1. The molecule has 1 atom stereocenters. The zero-order chi connectivity index (χ0) is 15.1. The molecule has 5 heteroatoms. The van der Waals surface area contributed by atoms with Crippen molar-refractivity contribution in [3.63, 3.8) is 0 Å². The van der Waals surface area contributed by atoms with Crippen LogP contribution in [0.15, 0.2) is 18.2 Å². The average Bonchev–Trinajstić information content (AvgIpc) is 2.98. The second-order valence-corrected chi connectivity index (χ2v) is 5.00. The van der Waals surface area contributed by atoms with Crippen LogP contribution in [-0.4, -0.2) is 37.0 Å². The fraction of sp³-hybridized carbons (Fsp3) is 0.562. The van der Waals surface area contributed by atoms with Gasteiger partial charge in [0.15, 0.2) is 11.5 Å². The zero-order valence-electron chi connectivity index (χ0n) is 12.3. The van der Waals surface area contributed by atoms with Gasteiger partial charge in [0.05, 0.1) is 19.3 Å². The van der Waals surface area contributed by atoms with Gasteiger partial charge in [0, 0.05) is 6.61 Å². The van der Waals surface area contributed by atoms with Gasteiger partial charge in [0.1, 0.15) is 5.56 Å². The van der Waals surface area contributed by atoms with Crippen molar-refractivity contribution in [2.75, 3.05) is 19.8 Å². The van der Waals surface area contributed by atoms with Crippen molar-refractivity contribution < 1.29 is 24.1 Å². The lowest BCUT2D eigenvalue weighted by Crippen LogP contribution is -2.10. The molecule has 0 amide bonds. The minimum absolute atomic E-state index is 0.137. The molecule has 1 aliphatic rings. The second kappa shape index (κ2) is 7.88. The number of para-hydroxylation sites is 1. The topological polar surface area (TPSA) is 65.0 Å². The summed E-state index contributed by atoms with van der Waals surface area (Å²) in [4.78, 5) is 11.3. The lowest BCUT2D eigenvalue weighted by molar-refractivity contribution is 0.0689. The molecule has 0 saturated carbocycles. The summed E-state index contributed by atoms with van der Waals surface area (Å²) < 4.78 is 16.7. The first-order valence-electron chi connectivity index (χ1n) is 7.46. The number of carboxylic acids is 1. The fourth-order valence-electron chi connectivity index (χ4n) is 2.46. The van der Waals surface area contributed by atoms with Crippen LogP contribution in [0.4, 0.5) is 0 Å². The maximum atomic E-state index is 11.3. The third kappa shape index (κ3) is 4.36. The Kier molecular flexibility index (Phi) is 5.87. The van der Waals surface area contributed by atoms with E-state index < -0.39 is 5.97 Å². The van der Waals surface area contributed by atoms with Crippen molar-refractivity contribution in [1.82, 2.24) is 0 Å². The van der Waals surface area contributed by atoms with E-state index in [1.807, 2.05) is 6.92 Å². The van der Waals surface area contributed by atoms with Gasteiger partial charge >= 0.3 is 5.97 Å². The predicted octanol–water partition coefficient (Wildman–Crippen LogP) is 3.12. The zero-order valence-corrected chi connectivity index (χ0v) is 12.3. The van der Waals surface area contributed by atoms with Gasteiger partial charge < -0.3 is 19.3 Å². The van der Waals surface area contributed by atoms with E-state index in [2.05, 4.69) is 0 Å². The van der Waals surface area contributed by atoms with Crippen molar-refractivity contribution in [2.45, 2.75) is 38.7 Å². The summed E-state index contributed by atoms with van der Waals surface area (Å²) in [6.07, 6.45) is 4.34. The number of ether oxygens (including phenoxy) is 3. The summed E-state index contributed by atoms with van der Waals surface area (Å²) in [5.41, 5.74) is 0.137. The van der Waals surface area contributed by atoms with Crippen molar-refractivity contribution in [3.05, 3.63) is 23.8 Å². The monoisotopic (exact) mass is 294 g/mol. The SMILES string of the molecule is CCOc1cccc(C(=O)O)c1OCCCC1CCCO1. The van der Waals surface area contributed by atoms with Crippen LogP contribution >= 0.6 is 0 Å². The van der Waals surface area contributed by atoms with Crippen LogP contribution in [0.2, 0.25) is 0 Å². The van der Waals surface area contributed by atoms with Crippen LogP contribution in [0, 0.1) is 0 Å². The molecule has 116 valence electrons. The normalized spacial score (nSPS) is 17.7. The minimum Gasteiger partial charge on any atom is -0.490 e. The molecule has 1 heterocycles. The van der Waals surface area contributed by atoms with Crippen LogP contribution in [0.3, 0.4) is 0 Å². The Labute approximate surface area is 124 Å². The number of carboxylic acid groups (broad SMARTS) is 1. The summed E-state index contributed by atoms with van der Waals surface area (Å²) in [5.74, 6) is -0.209. The summed E-state index contributed by atoms with van der Waals surface area (Å²) in [5, 5.41) is 9.23. The largest absolute Gasteiger partial charge is 0.490 e. The number of hydrogen-bond donors (Lipinski definition) is 1.